The zero-order valence-corrected chi connectivity index (χ0v) is 16.4. The van der Waals surface area contributed by atoms with E-state index in [1.54, 1.807) is 13.8 Å². The van der Waals surface area contributed by atoms with E-state index in [1.807, 2.05) is 0 Å². The lowest BCUT2D eigenvalue weighted by Gasteiger charge is -2.22. The standard InChI is InChI=1S/C19H23F2N3O5/c1-4-19(5-2)17(27)24(18(28)23-19)9-16(26)29-10-15(25)22-11(3)13-7-6-12(20)8-14(13)21/h6-8,11H,4-5,9-10H2,1-3H3,(H,22,25)(H,23,28)/t11-/m0/s1. The van der Waals surface area contributed by atoms with Crippen molar-refractivity contribution in [1.82, 2.24) is 15.5 Å². The number of esters is 1. The Morgan fingerprint density at radius 1 is 1.24 bits per heavy atom. The summed E-state index contributed by atoms with van der Waals surface area (Å²) in [4.78, 5) is 49.1. The molecule has 0 spiro atoms. The summed E-state index contributed by atoms with van der Waals surface area (Å²) < 4.78 is 31.5. The van der Waals surface area contributed by atoms with Crippen molar-refractivity contribution in [3.8, 4) is 0 Å². The smallest absolute Gasteiger partial charge is 0.326 e. The Morgan fingerprint density at radius 2 is 1.90 bits per heavy atom. The predicted octanol–water partition coefficient (Wildman–Crippen LogP) is 1.80. The molecule has 2 rings (SSSR count). The van der Waals surface area contributed by atoms with Crippen LogP contribution in [0.5, 0.6) is 0 Å². The van der Waals surface area contributed by atoms with E-state index in [1.165, 1.54) is 13.0 Å². The van der Waals surface area contributed by atoms with E-state index in [0.717, 1.165) is 11.0 Å². The highest BCUT2D eigenvalue weighted by molar-refractivity contribution is 6.08. The van der Waals surface area contributed by atoms with Crippen LogP contribution in [0, 0.1) is 11.6 Å². The molecular weight excluding hydrogens is 388 g/mol. The van der Waals surface area contributed by atoms with Gasteiger partial charge in [0, 0.05) is 11.6 Å². The maximum Gasteiger partial charge on any atom is 0.326 e. The molecule has 0 radical (unpaired) electrons. The van der Waals surface area contributed by atoms with Gasteiger partial charge in [-0.15, -0.1) is 0 Å². The molecule has 4 amide bonds. The van der Waals surface area contributed by atoms with Gasteiger partial charge in [-0.05, 0) is 25.8 Å². The lowest BCUT2D eigenvalue weighted by atomic mass is 9.93. The van der Waals surface area contributed by atoms with Gasteiger partial charge in [0.2, 0.25) is 0 Å². The molecule has 1 aromatic rings. The SMILES string of the molecule is CCC1(CC)NC(=O)N(CC(=O)OCC(=O)N[C@@H](C)c2ccc(F)cc2F)C1=O. The molecule has 1 saturated heterocycles. The molecule has 0 saturated carbocycles. The highest BCUT2D eigenvalue weighted by Gasteiger charge is 2.49. The summed E-state index contributed by atoms with van der Waals surface area (Å²) in [7, 11) is 0. The Morgan fingerprint density at radius 3 is 2.45 bits per heavy atom. The molecule has 29 heavy (non-hydrogen) atoms. The molecule has 1 aliphatic rings. The summed E-state index contributed by atoms with van der Waals surface area (Å²) in [5, 5.41) is 4.99. The van der Waals surface area contributed by atoms with E-state index in [0.29, 0.717) is 18.9 Å². The molecule has 1 aromatic carbocycles. The van der Waals surface area contributed by atoms with Crippen LogP contribution in [0.3, 0.4) is 0 Å². The number of carbonyl (C=O) groups is 4. The molecule has 0 aromatic heterocycles. The Kier molecular flexibility index (Phi) is 6.89. The quantitative estimate of drug-likeness (QED) is 0.501. The lowest BCUT2D eigenvalue weighted by Crippen LogP contribution is -2.46. The molecule has 0 bridgehead atoms. The van der Waals surface area contributed by atoms with E-state index in [4.69, 9.17) is 4.74 Å². The molecule has 1 atom stereocenters. The first kappa shape index (κ1) is 22.3. The monoisotopic (exact) mass is 411 g/mol. The number of ether oxygens (including phenoxy) is 1. The number of halogens is 2. The third-order valence-electron chi connectivity index (χ3n) is 4.91. The van der Waals surface area contributed by atoms with E-state index < -0.39 is 60.2 Å². The van der Waals surface area contributed by atoms with Gasteiger partial charge >= 0.3 is 12.0 Å². The molecule has 2 N–H and O–H groups in total. The molecule has 8 nitrogen and oxygen atoms in total. The third kappa shape index (κ3) is 4.87. The minimum absolute atomic E-state index is 0.0703. The molecule has 0 aliphatic carbocycles. The van der Waals surface area contributed by atoms with Crippen molar-refractivity contribution < 1.29 is 32.7 Å². The average molecular weight is 411 g/mol. The summed E-state index contributed by atoms with van der Waals surface area (Å²) in [6.07, 6.45) is 0.750. The third-order valence-corrected chi connectivity index (χ3v) is 4.91. The summed E-state index contributed by atoms with van der Waals surface area (Å²) in [5.41, 5.74) is -0.968. The number of nitrogens with zero attached hydrogens (tertiary/aromatic N) is 1. The largest absolute Gasteiger partial charge is 0.454 e. The van der Waals surface area contributed by atoms with Crippen LogP contribution in [-0.2, 0) is 19.1 Å². The van der Waals surface area contributed by atoms with E-state index >= 15 is 0 Å². The van der Waals surface area contributed by atoms with Gasteiger partial charge in [-0.3, -0.25) is 19.3 Å². The second-order valence-electron chi connectivity index (χ2n) is 6.73. The van der Waals surface area contributed by atoms with Crippen LogP contribution in [0.4, 0.5) is 13.6 Å². The number of benzene rings is 1. The fraction of sp³-hybridized carbons (Fsp3) is 0.474. The minimum Gasteiger partial charge on any atom is -0.454 e. The summed E-state index contributed by atoms with van der Waals surface area (Å²) >= 11 is 0. The number of rotatable bonds is 8. The van der Waals surface area contributed by atoms with Crippen LogP contribution >= 0.6 is 0 Å². The van der Waals surface area contributed by atoms with Crippen molar-refractivity contribution >= 4 is 23.8 Å². The van der Waals surface area contributed by atoms with Crippen LogP contribution in [0.15, 0.2) is 18.2 Å². The highest BCUT2D eigenvalue weighted by Crippen LogP contribution is 2.24. The van der Waals surface area contributed by atoms with E-state index in [2.05, 4.69) is 10.6 Å². The van der Waals surface area contributed by atoms with E-state index in [-0.39, 0.29) is 5.56 Å². The van der Waals surface area contributed by atoms with Crippen molar-refractivity contribution in [3.05, 3.63) is 35.4 Å². The minimum atomic E-state index is -1.04. The maximum atomic E-state index is 13.7. The van der Waals surface area contributed by atoms with Gasteiger partial charge in [-0.1, -0.05) is 19.9 Å². The molecule has 1 aliphatic heterocycles. The van der Waals surface area contributed by atoms with Crippen molar-refractivity contribution in [1.29, 1.82) is 0 Å². The Balaban J connectivity index is 1.86. The fourth-order valence-electron chi connectivity index (χ4n) is 3.08. The van der Waals surface area contributed by atoms with Crippen molar-refractivity contribution in [3.63, 3.8) is 0 Å². The van der Waals surface area contributed by atoms with Gasteiger partial charge in [0.05, 0.1) is 6.04 Å². The molecule has 0 unspecified atom stereocenters. The van der Waals surface area contributed by atoms with Crippen LogP contribution in [-0.4, -0.2) is 47.4 Å². The zero-order chi connectivity index (χ0) is 21.8. The normalized spacial score (nSPS) is 16.4. The highest BCUT2D eigenvalue weighted by atomic mass is 19.1. The number of hydrogen-bond donors (Lipinski definition) is 2. The maximum absolute atomic E-state index is 13.7. The molecule has 1 fully saturated rings. The van der Waals surface area contributed by atoms with Gasteiger partial charge in [0.25, 0.3) is 11.8 Å². The molecular formula is C19H23F2N3O5. The first-order valence-electron chi connectivity index (χ1n) is 9.17. The Bertz CT molecular complexity index is 826. The van der Waals surface area contributed by atoms with Crippen LogP contribution < -0.4 is 10.6 Å². The number of nitrogens with one attached hydrogen (secondary N) is 2. The van der Waals surface area contributed by atoms with Crippen molar-refractivity contribution in [2.24, 2.45) is 0 Å². The van der Waals surface area contributed by atoms with Gasteiger partial charge in [-0.25, -0.2) is 13.6 Å². The molecule has 158 valence electrons. The number of hydrogen-bond acceptors (Lipinski definition) is 5. The number of carbonyl (C=O) groups excluding carboxylic acids is 4. The average Bonchev–Trinajstić information content (AvgIpc) is 2.90. The van der Waals surface area contributed by atoms with Crippen LogP contribution in [0.2, 0.25) is 0 Å². The first-order chi connectivity index (χ1) is 13.6. The van der Waals surface area contributed by atoms with Gasteiger partial charge in [-0.2, -0.15) is 0 Å². The summed E-state index contributed by atoms with van der Waals surface area (Å²) in [6, 6.07) is 1.48. The number of amides is 4. The van der Waals surface area contributed by atoms with Crippen molar-refractivity contribution in [2.75, 3.05) is 13.2 Å². The van der Waals surface area contributed by atoms with Gasteiger partial charge in [0.15, 0.2) is 6.61 Å². The van der Waals surface area contributed by atoms with Gasteiger partial charge < -0.3 is 15.4 Å². The Labute approximate surface area is 166 Å². The summed E-state index contributed by atoms with van der Waals surface area (Å²) in [6.45, 7) is 3.68. The number of urea groups is 1. The van der Waals surface area contributed by atoms with Crippen LogP contribution in [0.1, 0.15) is 45.2 Å². The molecule has 10 heteroatoms. The Hall–Kier alpha value is -3.04. The predicted molar refractivity (Wildman–Crippen MR) is 97.4 cm³/mol. The second-order valence-corrected chi connectivity index (χ2v) is 6.73. The molecule has 1 heterocycles. The zero-order valence-electron chi connectivity index (χ0n) is 16.4. The summed E-state index contributed by atoms with van der Waals surface area (Å²) in [5.74, 6) is -3.73. The lowest BCUT2D eigenvalue weighted by molar-refractivity contribution is -0.151. The fourth-order valence-corrected chi connectivity index (χ4v) is 3.08. The van der Waals surface area contributed by atoms with Gasteiger partial charge in [0.1, 0.15) is 23.7 Å². The van der Waals surface area contributed by atoms with E-state index in [9.17, 15) is 28.0 Å². The number of imide groups is 1. The topological polar surface area (TPSA) is 105 Å². The first-order valence-corrected chi connectivity index (χ1v) is 9.17. The second kappa shape index (κ2) is 8.97. The van der Waals surface area contributed by atoms with Crippen LogP contribution in [0.25, 0.3) is 0 Å². The van der Waals surface area contributed by atoms with Crippen molar-refractivity contribution in [2.45, 2.75) is 45.2 Å².